The standard InChI is InChI=1S/C16H23N5O3S/c1-13(2)19-10-15(18-12-19)25(23,24)21-7-4-14(5-8-21)9-20-11-17-6-3-16(20)22/h3,6,10-14H,4-5,7-9H2,1-2H3. The molecule has 0 N–H and O–H groups in total. The van der Waals surface area contributed by atoms with Crippen molar-refractivity contribution < 1.29 is 8.42 Å². The van der Waals surface area contributed by atoms with Crippen LogP contribution in [-0.2, 0) is 16.6 Å². The average molecular weight is 365 g/mol. The van der Waals surface area contributed by atoms with E-state index < -0.39 is 10.0 Å². The van der Waals surface area contributed by atoms with Gasteiger partial charge < -0.3 is 4.57 Å². The highest BCUT2D eigenvalue weighted by atomic mass is 32.2. The highest BCUT2D eigenvalue weighted by Crippen LogP contribution is 2.24. The molecule has 0 saturated carbocycles. The fourth-order valence-corrected chi connectivity index (χ4v) is 4.38. The minimum Gasteiger partial charge on any atom is -0.334 e. The van der Waals surface area contributed by atoms with Crippen molar-refractivity contribution in [3.63, 3.8) is 0 Å². The summed E-state index contributed by atoms with van der Waals surface area (Å²) in [6, 6.07) is 1.60. The third kappa shape index (κ3) is 3.82. The van der Waals surface area contributed by atoms with Crippen molar-refractivity contribution in [2.75, 3.05) is 13.1 Å². The van der Waals surface area contributed by atoms with Gasteiger partial charge in [0.05, 0.1) is 12.7 Å². The zero-order chi connectivity index (χ0) is 18.0. The van der Waals surface area contributed by atoms with Gasteiger partial charge >= 0.3 is 0 Å². The van der Waals surface area contributed by atoms with Crippen LogP contribution in [-0.4, -0.2) is 44.9 Å². The number of aromatic nitrogens is 4. The Morgan fingerprint density at radius 2 is 1.96 bits per heavy atom. The first-order valence-electron chi connectivity index (χ1n) is 8.42. The molecule has 0 aromatic carbocycles. The molecule has 25 heavy (non-hydrogen) atoms. The van der Waals surface area contributed by atoms with Crippen molar-refractivity contribution in [3.05, 3.63) is 41.5 Å². The molecule has 0 atom stereocenters. The fourth-order valence-electron chi connectivity index (χ4n) is 2.99. The number of hydrogen-bond donors (Lipinski definition) is 0. The van der Waals surface area contributed by atoms with Crippen LogP contribution in [0.3, 0.4) is 0 Å². The molecule has 3 heterocycles. The molecule has 0 amide bonds. The summed E-state index contributed by atoms with van der Waals surface area (Å²) in [6.07, 6.45) is 7.58. The van der Waals surface area contributed by atoms with Gasteiger partial charge in [-0.05, 0) is 32.6 Å². The second-order valence-electron chi connectivity index (χ2n) is 6.67. The average Bonchev–Trinajstić information content (AvgIpc) is 3.09. The van der Waals surface area contributed by atoms with E-state index in [1.54, 1.807) is 21.7 Å². The maximum atomic E-state index is 12.7. The largest absolute Gasteiger partial charge is 0.334 e. The van der Waals surface area contributed by atoms with Crippen LogP contribution in [0.5, 0.6) is 0 Å². The number of sulfonamides is 1. The van der Waals surface area contributed by atoms with Gasteiger partial charge in [0.2, 0.25) is 0 Å². The van der Waals surface area contributed by atoms with E-state index in [0.29, 0.717) is 32.5 Å². The molecule has 9 heteroatoms. The molecule has 0 bridgehead atoms. The van der Waals surface area contributed by atoms with E-state index in [2.05, 4.69) is 9.97 Å². The maximum absolute atomic E-state index is 12.7. The van der Waals surface area contributed by atoms with E-state index in [1.165, 1.54) is 22.9 Å². The van der Waals surface area contributed by atoms with Crippen molar-refractivity contribution in [1.29, 1.82) is 0 Å². The second-order valence-corrected chi connectivity index (χ2v) is 8.56. The first-order valence-corrected chi connectivity index (χ1v) is 9.86. The molecule has 8 nitrogen and oxygen atoms in total. The van der Waals surface area contributed by atoms with Gasteiger partial charge in [0, 0.05) is 44.1 Å². The van der Waals surface area contributed by atoms with Crippen LogP contribution < -0.4 is 5.56 Å². The van der Waals surface area contributed by atoms with Crippen LogP contribution in [0.25, 0.3) is 0 Å². The molecular formula is C16H23N5O3S. The Morgan fingerprint density at radius 3 is 2.56 bits per heavy atom. The predicted molar refractivity (Wildman–Crippen MR) is 92.6 cm³/mol. The van der Waals surface area contributed by atoms with Crippen LogP contribution in [0.2, 0.25) is 0 Å². The van der Waals surface area contributed by atoms with E-state index in [0.717, 1.165) is 0 Å². The minimum atomic E-state index is -3.56. The number of rotatable bonds is 5. The molecule has 2 aromatic rings. The molecule has 1 aliphatic rings. The maximum Gasteiger partial charge on any atom is 0.262 e. The van der Waals surface area contributed by atoms with Crippen LogP contribution in [0, 0.1) is 5.92 Å². The first-order chi connectivity index (χ1) is 11.9. The molecule has 1 aliphatic heterocycles. The topological polar surface area (TPSA) is 90.1 Å². The number of hydrogen-bond acceptors (Lipinski definition) is 5. The zero-order valence-electron chi connectivity index (χ0n) is 14.4. The Bertz CT molecular complexity index is 879. The highest BCUT2D eigenvalue weighted by molar-refractivity contribution is 7.89. The number of piperidine rings is 1. The monoisotopic (exact) mass is 365 g/mol. The fraction of sp³-hybridized carbons (Fsp3) is 0.562. The number of imidazole rings is 1. The Labute approximate surface area is 147 Å². The van der Waals surface area contributed by atoms with Crippen LogP contribution in [0.1, 0.15) is 32.7 Å². The lowest BCUT2D eigenvalue weighted by atomic mass is 9.98. The van der Waals surface area contributed by atoms with Crippen LogP contribution >= 0.6 is 0 Å². The van der Waals surface area contributed by atoms with Crippen molar-refractivity contribution in [3.8, 4) is 0 Å². The molecule has 3 rings (SSSR count). The highest BCUT2D eigenvalue weighted by Gasteiger charge is 2.31. The van der Waals surface area contributed by atoms with Gasteiger partial charge in [-0.3, -0.25) is 9.36 Å². The van der Waals surface area contributed by atoms with E-state index in [9.17, 15) is 13.2 Å². The Kier molecular flexibility index (Phi) is 5.05. The van der Waals surface area contributed by atoms with Crippen molar-refractivity contribution in [1.82, 2.24) is 23.4 Å². The molecule has 136 valence electrons. The van der Waals surface area contributed by atoms with Crippen molar-refractivity contribution in [2.24, 2.45) is 5.92 Å². The summed E-state index contributed by atoms with van der Waals surface area (Å²) in [6.45, 7) is 5.41. The summed E-state index contributed by atoms with van der Waals surface area (Å²) >= 11 is 0. The summed E-state index contributed by atoms with van der Waals surface area (Å²) in [5, 5.41) is 0.100. The van der Waals surface area contributed by atoms with Gasteiger partial charge in [0.1, 0.15) is 0 Å². The summed E-state index contributed by atoms with van der Waals surface area (Å²) in [5.74, 6) is 0.265. The normalized spacial score (nSPS) is 17.2. The van der Waals surface area contributed by atoms with Gasteiger partial charge in [-0.25, -0.2) is 18.4 Å². The number of nitrogens with zero attached hydrogens (tertiary/aromatic N) is 5. The quantitative estimate of drug-likeness (QED) is 0.792. The van der Waals surface area contributed by atoms with Gasteiger partial charge in [0.15, 0.2) is 5.03 Å². The smallest absolute Gasteiger partial charge is 0.262 e. The minimum absolute atomic E-state index is 0.0794. The third-order valence-electron chi connectivity index (χ3n) is 4.60. The Morgan fingerprint density at radius 1 is 1.24 bits per heavy atom. The summed E-state index contributed by atoms with van der Waals surface area (Å²) in [5.41, 5.74) is -0.0794. The summed E-state index contributed by atoms with van der Waals surface area (Å²) in [7, 11) is -3.56. The Balaban J connectivity index is 1.65. The Hall–Kier alpha value is -2.00. The molecule has 0 radical (unpaired) electrons. The van der Waals surface area contributed by atoms with E-state index in [1.807, 2.05) is 13.8 Å². The third-order valence-corrected chi connectivity index (χ3v) is 6.38. The van der Waals surface area contributed by atoms with Crippen LogP contribution in [0.15, 0.2) is 40.9 Å². The van der Waals surface area contributed by atoms with Gasteiger partial charge in [-0.1, -0.05) is 0 Å². The second kappa shape index (κ2) is 7.09. The van der Waals surface area contributed by atoms with Gasteiger partial charge in [0.25, 0.3) is 15.6 Å². The lowest BCUT2D eigenvalue weighted by Crippen LogP contribution is -2.40. The lowest BCUT2D eigenvalue weighted by Gasteiger charge is -2.30. The van der Waals surface area contributed by atoms with Crippen molar-refractivity contribution >= 4 is 10.0 Å². The van der Waals surface area contributed by atoms with E-state index in [-0.39, 0.29) is 22.5 Å². The molecule has 0 aliphatic carbocycles. The summed E-state index contributed by atoms with van der Waals surface area (Å²) < 4.78 is 30.3. The first kappa shape index (κ1) is 17.8. The van der Waals surface area contributed by atoms with E-state index >= 15 is 0 Å². The van der Waals surface area contributed by atoms with Gasteiger partial charge in [-0.2, -0.15) is 4.31 Å². The van der Waals surface area contributed by atoms with E-state index in [4.69, 9.17) is 0 Å². The predicted octanol–water partition coefficient (Wildman–Crippen LogP) is 1.12. The molecule has 2 aromatic heterocycles. The van der Waals surface area contributed by atoms with Gasteiger partial charge in [-0.15, -0.1) is 0 Å². The molecular weight excluding hydrogens is 342 g/mol. The lowest BCUT2D eigenvalue weighted by molar-refractivity contribution is 0.250. The molecule has 0 unspecified atom stereocenters. The van der Waals surface area contributed by atoms with Crippen LogP contribution in [0.4, 0.5) is 0 Å². The molecule has 1 saturated heterocycles. The SMILES string of the molecule is CC(C)n1cnc(S(=O)(=O)N2CCC(Cn3cnccc3=O)CC2)c1. The van der Waals surface area contributed by atoms with Crippen molar-refractivity contribution in [2.45, 2.75) is 44.3 Å². The molecule has 0 spiro atoms. The zero-order valence-corrected chi connectivity index (χ0v) is 15.3. The summed E-state index contributed by atoms with van der Waals surface area (Å²) in [4.78, 5) is 19.8. The molecule has 1 fully saturated rings.